The third-order valence-corrected chi connectivity index (χ3v) is 4.79. The smallest absolute Gasteiger partial charge is 0.311 e. The van der Waals surface area contributed by atoms with Gasteiger partial charge in [-0.3, -0.25) is 14.4 Å². The second kappa shape index (κ2) is 11.7. The van der Waals surface area contributed by atoms with Crippen molar-refractivity contribution in [3.8, 4) is 0 Å². The maximum atomic E-state index is 12.4. The topological polar surface area (TPSA) is 98.5 Å². The number of nitrogens with one attached hydrogen (secondary N) is 1. The lowest BCUT2D eigenvalue weighted by atomic mass is 10.0. The zero-order valence-corrected chi connectivity index (χ0v) is 16.5. The number of carbonyl (C=O) groups excluding carboxylic acids is 3. The normalized spacial score (nSPS) is 19.6. The molecular formula is C20H29ClN2O4. The zero-order chi connectivity index (χ0) is 18.9. The van der Waals surface area contributed by atoms with Crippen LogP contribution < -0.4 is 11.1 Å². The van der Waals surface area contributed by atoms with Gasteiger partial charge in [-0.1, -0.05) is 56.5 Å². The van der Waals surface area contributed by atoms with Crippen LogP contribution in [0.1, 0.15) is 55.8 Å². The molecule has 3 atom stereocenters. The van der Waals surface area contributed by atoms with Gasteiger partial charge in [0.15, 0.2) is 12.4 Å². The third-order valence-electron chi connectivity index (χ3n) is 4.79. The summed E-state index contributed by atoms with van der Waals surface area (Å²) in [6, 6.07) is 7.90. The van der Waals surface area contributed by atoms with Gasteiger partial charge in [-0.2, -0.15) is 0 Å². The molecule has 1 aliphatic rings. The first-order valence-electron chi connectivity index (χ1n) is 9.33. The van der Waals surface area contributed by atoms with Gasteiger partial charge in [-0.15, -0.1) is 12.4 Å². The molecule has 1 aromatic carbocycles. The van der Waals surface area contributed by atoms with Gasteiger partial charge >= 0.3 is 5.97 Å². The number of hydrogen-bond acceptors (Lipinski definition) is 5. The lowest BCUT2D eigenvalue weighted by molar-refractivity contribution is -0.148. The number of nitrogens with two attached hydrogens (primary N) is 1. The quantitative estimate of drug-likeness (QED) is 0.493. The summed E-state index contributed by atoms with van der Waals surface area (Å²) >= 11 is 0. The van der Waals surface area contributed by atoms with E-state index in [4.69, 9.17) is 10.5 Å². The minimum atomic E-state index is -0.549. The Hall–Kier alpha value is -1.92. The fourth-order valence-corrected chi connectivity index (χ4v) is 3.21. The van der Waals surface area contributed by atoms with Gasteiger partial charge < -0.3 is 15.8 Å². The predicted octanol–water partition coefficient (Wildman–Crippen LogP) is 2.64. The summed E-state index contributed by atoms with van der Waals surface area (Å²) in [6.45, 7) is 1.76. The molecule has 1 aliphatic carbocycles. The molecule has 6 nitrogen and oxygen atoms in total. The Kier molecular flexibility index (Phi) is 10.0. The summed E-state index contributed by atoms with van der Waals surface area (Å²) in [6.07, 6.45) is 4.71. The lowest BCUT2D eigenvalue weighted by Crippen LogP contribution is -2.48. The summed E-state index contributed by atoms with van der Waals surface area (Å²) in [5.74, 6) is -1.30. The first kappa shape index (κ1) is 23.1. The molecule has 0 aliphatic heterocycles. The van der Waals surface area contributed by atoms with E-state index < -0.39 is 17.9 Å². The van der Waals surface area contributed by atoms with E-state index in [1.165, 1.54) is 0 Å². The average Bonchev–Trinajstić information content (AvgIpc) is 3.12. The van der Waals surface area contributed by atoms with Crippen LogP contribution in [-0.2, 0) is 14.3 Å². The Labute approximate surface area is 166 Å². The van der Waals surface area contributed by atoms with E-state index in [1.807, 2.05) is 13.0 Å². The molecule has 0 heterocycles. The third kappa shape index (κ3) is 6.96. The second-order valence-electron chi connectivity index (χ2n) is 6.80. The van der Waals surface area contributed by atoms with E-state index in [9.17, 15) is 14.4 Å². The molecule has 0 saturated heterocycles. The van der Waals surface area contributed by atoms with Crippen LogP contribution in [0, 0.1) is 5.92 Å². The number of amides is 1. The Balaban J connectivity index is 0.00000364. The molecule has 0 bridgehead atoms. The molecule has 0 spiro atoms. The fraction of sp³-hybridized carbons (Fsp3) is 0.550. The van der Waals surface area contributed by atoms with Crippen LogP contribution in [0.5, 0.6) is 0 Å². The molecule has 0 radical (unpaired) electrons. The second-order valence-corrected chi connectivity index (χ2v) is 6.80. The molecule has 0 aromatic heterocycles. The highest BCUT2D eigenvalue weighted by atomic mass is 35.5. The SMILES string of the molecule is CCCC[C@H](N)C(=O)N[C@H]1CCC[C@H]1C(=O)OCC(=O)c1ccccc1.Cl. The van der Waals surface area contributed by atoms with Crippen molar-refractivity contribution in [3.05, 3.63) is 35.9 Å². The van der Waals surface area contributed by atoms with Crippen LogP contribution in [0.25, 0.3) is 0 Å². The molecule has 3 N–H and O–H groups in total. The van der Waals surface area contributed by atoms with Gasteiger partial charge in [0.2, 0.25) is 5.91 Å². The van der Waals surface area contributed by atoms with Crippen molar-refractivity contribution in [1.82, 2.24) is 5.32 Å². The summed E-state index contributed by atoms with van der Waals surface area (Å²) in [7, 11) is 0. The van der Waals surface area contributed by atoms with Gasteiger partial charge in [-0.05, 0) is 19.3 Å². The molecule has 27 heavy (non-hydrogen) atoms. The highest BCUT2D eigenvalue weighted by Gasteiger charge is 2.36. The number of halogens is 1. The van der Waals surface area contributed by atoms with Crippen molar-refractivity contribution in [1.29, 1.82) is 0 Å². The number of benzene rings is 1. The number of hydrogen-bond donors (Lipinski definition) is 2. The molecule has 1 amide bonds. The van der Waals surface area contributed by atoms with Crippen LogP contribution in [0.3, 0.4) is 0 Å². The van der Waals surface area contributed by atoms with E-state index in [1.54, 1.807) is 24.3 Å². The Bertz CT molecular complexity index is 624. The first-order chi connectivity index (χ1) is 12.5. The van der Waals surface area contributed by atoms with Gasteiger partial charge in [-0.25, -0.2) is 0 Å². The highest BCUT2D eigenvalue weighted by Crippen LogP contribution is 2.27. The van der Waals surface area contributed by atoms with Crippen LogP contribution in [-0.4, -0.2) is 36.4 Å². The van der Waals surface area contributed by atoms with Crippen molar-refractivity contribution >= 4 is 30.1 Å². The number of esters is 1. The number of rotatable bonds is 9. The Morgan fingerprint density at radius 1 is 1.22 bits per heavy atom. The van der Waals surface area contributed by atoms with Crippen LogP contribution in [0.4, 0.5) is 0 Å². The maximum absolute atomic E-state index is 12.4. The maximum Gasteiger partial charge on any atom is 0.311 e. The van der Waals surface area contributed by atoms with E-state index in [-0.39, 0.29) is 36.7 Å². The summed E-state index contributed by atoms with van der Waals surface area (Å²) in [5, 5.41) is 2.89. The standard InChI is InChI=1S/C20H28N2O4.ClH/c1-2-3-11-16(21)19(24)22-17-12-7-10-15(17)20(25)26-13-18(23)14-8-5-4-6-9-14;/h4-6,8-9,15-17H,2-3,7,10-13,21H2,1H3,(H,22,24);1H/t15-,16+,17+;/m1./s1. The van der Waals surface area contributed by atoms with Crippen molar-refractivity contribution in [3.63, 3.8) is 0 Å². The van der Waals surface area contributed by atoms with Gasteiger partial charge in [0, 0.05) is 11.6 Å². The number of ketones is 1. The van der Waals surface area contributed by atoms with Crippen LogP contribution in [0.2, 0.25) is 0 Å². The number of unbranched alkanes of at least 4 members (excludes halogenated alkanes) is 1. The number of Topliss-reactive ketones (excluding diaryl/α,β-unsaturated/α-hetero) is 1. The molecule has 2 rings (SSSR count). The minimum absolute atomic E-state index is 0. The van der Waals surface area contributed by atoms with E-state index in [0.29, 0.717) is 18.4 Å². The van der Waals surface area contributed by atoms with Gasteiger partial charge in [0.05, 0.1) is 12.0 Å². The fourth-order valence-electron chi connectivity index (χ4n) is 3.21. The van der Waals surface area contributed by atoms with Crippen LogP contribution >= 0.6 is 12.4 Å². The van der Waals surface area contributed by atoms with E-state index >= 15 is 0 Å². The molecule has 0 unspecified atom stereocenters. The highest BCUT2D eigenvalue weighted by molar-refractivity contribution is 5.98. The van der Waals surface area contributed by atoms with E-state index in [2.05, 4.69) is 5.32 Å². The predicted molar refractivity (Wildman–Crippen MR) is 106 cm³/mol. The van der Waals surface area contributed by atoms with E-state index in [0.717, 1.165) is 25.7 Å². The minimum Gasteiger partial charge on any atom is -0.457 e. The molecule has 1 aromatic rings. The molecular weight excluding hydrogens is 368 g/mol. The number of ether oxygens (including phenoxy) is 1. The summed E-state index contributed by atoms with van der Waals surface area (Å²) in [5.41, 5.74) is 6.41. The zero-order valence-electron chi connectivity index (χ0n) is 15.7. The molecule has 150 valence electrons. The van der Waals surface area contributed by atoms with Gasteiger partial charge in [0.25, 0.3) is 0 Å². The monoisotopic (exact) mass is 396 g/mol. The first-order valence-corrected chi connectivity index (χ1v) is 9.33. The van der Waals surface area contributed by atoms with Crippen LogP contribution in [0.15, 0.2) is 30.3 Å². The molecule has 1 saturated carbocycles. The Morgan fingerprint density at radius 3 is 2.59 bits per heavy atom. The molecule has 7 heteroatoms. The van der Waals surface area contributed by atoms with Crippen molar-refractivity contribution in [2.75, 3.05) is 6.61 Å². The molecule has 1 fully saturated rings. The average molecular weight is 397 g/mol. The van der Waals surface area contributed by atoms with Crippen molar-refractivity contribution < 1.29 is 19.1 Å². The summed E-state index contributed by atoms with van der Waals surface area (Å²) in [4.78, 5) is 36.6. The largest absolute Gasteiger partial charge is 0.457 e. The lowest BCUT2D eigenvalue weighted by Gasteiger charge is -2.21. The Morgan fingerprint density at radius 2 is 1.93 bits per heavy atom. The number of carbonyl (C=O) groups is 3. The van der Waals surface area contributed by atoms with Crippen molar-refractivity contribution in [2.45, 2.75) is 57.5 Å². The van der Waals surface area contributed by atoms with Crippen molar-refractivity contribution in [2.24, 2.45) is 11.7 Å². The summed E-state index contributed by atoms with van der Waals surface area (Å²) < 4.78 is 5.21. The van der Waals surface area contributed by atoms with Gasteiger partial charge in [0.1, 0.15) is 0 Å².